The molecule has 0 radical (unpaired) electrons. The summed E-state index contributed by atoms with van der Waals surface area (Å²) in [6, 6.07) is 6.69. The fraction of sp³-hybridized carbons (Fsp3) is 0.543. The number of fused-ring (bicyclic) bond motifs is 1. The first-order valence-electron chi connectivity index (χ1n) is 15.0. The van der Waals surface area contributed by atoms with E-state index in [1.165, 1.54) is 55.6 Å². The average Bonchev–Trinajstić information content (AvgIpc) is 3.39. The standard InChI is InChI=1S/C19H21N.C7H15N.C3H8.3C2H6/c1-4-8-16(5-2)9-7-10-17-11-12-19-18(15-17)13-14-20(19)6-3;1-2-7-3-5-8-6-4-7;1-3-2;3*1-2/h4-9,11-12,15H,1-3,10,13-14H2;7-8H,2-6H2,1H3;3H2,1-2H3;3*1-2H3/b9-7-,16-8-;;;;;. The Hall–Kier alpha value is -2.32. The van der Waals surface area contributed by atoms with Gasteiger partial charge in [0.25, 0.3) is 0 Å². The van der Waals surface area contributed by atoms with E-state index >= 15 is 0 Å². The topological polar surface area (TPSA) is 15.3 Å². The molecule has 2 heteroatoms. The van der Waals surface area contributed by atoms with Crippen LogP contribution in [0.15, 0.2) is 80.1 Å². The Labute approximate surface area is 233 Å². The zero-order chi connectivity index (χ0) is 28.9. The first kappa shape index (κ1) is 39.2. The lowest BCUT2D eigenvalue weighted by Gasteiger charge is -2.20. The first-order valence-corrected chi connectivity index (χ1v) is 15.0. The fourth-order valence-electron chi connectivity index (χ4n) is 3.75. The molecule has 1 aromatic rings. The second-order valence-electron chi connectivity index (χ2n) is 8.11. The second kappa shape index (κ2) is 29.9. The van der Waals surface area contributed by atoms with Gasteiger partial charge in [0.1, 0.15) is 0 Å². The highest BCUT2D eigenvalue weighted by molar-refractivity contribution is 5.61. The highest BCUT2D eigenvalue weighted by Crippen LogP contribution is 2.29. The summed E-state index contributed by atoms with van der Waals surface area (Å²) in [5, 5.41) is 3.35. The molecule has 1 N–H and O–H groups in total. The van der Waals surface area contributed by atoms with E-state index in [1.54, 1.807) is 6.08 Å². The van der Waals surface area contributed by atoms with E-state index in [4.69, 9.17) is 0 Å². The number of nitrogens with zero attached hydrogens (tertiary/aromatic N) is 1. The number of allylic oxidation sites excluding steroid dienone is 6. The molecule has 2 nitrogen and oxygen atoms in total. The highest BCUT2D eigenvalue weighted by atomic mass is 15.1. The molecule has 0 atom stereocenters. The van der Waals surface area contributed by atoms with Crippen LogP contribution in [0.5, 0.6) is 0 Å². The van der Waals surface area contributed by atoms with E-state index in [9.17, 15) is 0 Å². The van der Waals surface area contributed by atoms with Crippen molar-refractivity contribution >= 4 is 5.69 Å². The summed E-state index contributed by atoms with van der Waals surface area (Å²) < 4.78 is 0. The molecule has 0 spiro atoms. The molecular formula is C35H62N2. The van der Waals surface area contributed by atoms with Crippen LogP contribution in [-0.4, -0.2) is 19.6 Å². The summed E-state index contributed by atoms with van der Waals surface area (Å²) in [6.07, 6.45) is 19.2. The van der Waals surface area contributed by atoms with Gasteiger partial charge in [0, 0.05) is 12.2 Å². The van der Waals surface area contributed by atoms with Crippen LogP contribution in [0, 0.1) is 5.92 Å². The molecule has 212 valence electrons. The normalized spacial score (nSPS) is 13.9. The molecule has 3 rings (SSSR count). The predicted molar refractivity (Wildman–Crippen MR) is 175 cm³/mol. The summed E-state index contributed by atoms with van der Waals surface area (Å²) in [5.41, 5.74) is 5.14. The smallest absolute Gasteiger partial charge is 0.0439 e. The molecule has 1 saturated heterocycles. The van der Waals surface area contributed by atoms with Crippen molar-refractivity contribution < 1.29 is 0 Å². The number of hydrogen-bond acceptors (Lipinski definition) is 2. The lowest BCUT2D eigenvalue weighted by Crippen LogP contribution is -2.27. The summed E-state index contributed by atoms with van der Waals surface area (Å²) in [5.74, 6) is 1.02. The van der Waals surface area contributed by atoms with Crippen molar-refractivity contribution in [3.63, 3.8) is 0 Å². The van der Waals surface area contributed by atoms with Crippen molar-refractivity contribution in [2.45, 2.75) is 101 Å². The van der Waals surface area contributed by atoms with E-state index < -0.39 is 0 Å². The largest absolute Gasteiger partial charge is 0.348 e. The third kappa shape index (κ3) is 18.6. The van der Waals surface area contributed by atoms with Crippen LogP contribution in [0.2, 0.25) is 0 Å². The van der Waals surface area contributed by atoms with Gasteiger partial charge in [0.05, 0.1) is 0 Å². The maximum Gasteiger partial charge on any atom is 0.0439 e. The minimum absolute atomic E-state index is 0.934. The summed E-state index contributed by atoms with van der Waals surface area (Å²) >= 11 is 0. The molecule has 2 heterocycles. The van der Waals surface area contributed by atoms with Crippen LogP contribution in [-0.2, 0) is 12.8 Å². The Morgan fingerprint density at radius 2 is 1.57 bits per heavy atom. The Kier molecular flexibility index (Phi) is 31.7. The van der Waals surface area contributed by atoms with Crippen molar-refractivity contribution in [1.82, 2.24) is 5.32 Å². The zero-order valence-corrected chi connectivity index (χ0v) is 26.2. The Morgan fingerprint density at radius 1 is 0.973 bits per heavy atom. The van der Waals surface area contributed by atoms with Crippen molar-refractivity contribution in [2.24, 2.45) is 5.92 Å². The average molecular weight is 511 g/mol. The summed E-state index contributed by atoms with van der Waals surface area (Å²) in [7, 11) is 0. The number of nitrogens with one attached hydrogen (secondary N) is 1. The van der Waals surface area contributed by atoms with Crippen LogP contribution in [0.1, 0.15) is 99.1 Å². The van der Waals surface area contributed by atoms with Crippen LogP contribution in [0.3, 0.4) is 0 Å². The van der Waals surface area contributed by atoms with Gasteiger partial charge in [-0.2, -0.15) is 0 Å². The van der Waals surface area contributed by atoms with Gasteiger partial charge < -0.3 is 10.2 Å². The third-order valence-electron chi connectivity index (χ3n) is 5.54. The quantitative estimate of drug-likeness (QED) is 0.367. The number of hydrogen-bond donors (Lipinski definition) is 1. The monoisotopic (exact) mass is 510 g/mol. The molecular weight excluding hydrogens is 448 g/mol. The van der Waals surface area contributed by atoms with Crippen molar-refractivity contribution in [2.75, 3.05) is 24.5 Å². The van der Waals surface area contributed by atoms with Crippen molar-refractivity contribution in [3.05, 3.63) is 91.2 Å². The number of benzene rings is 1. The lowest BCUT2D eigenvalue weighted by molar-refractivity contribution is 0.365. The maximum atomic E-state index is 3.85. The number of anilines is 1. The molecule has 0 unspecified atom stereocenters. The second-order valence-corrected chi connectivity index (χ2v) is 8.11. The van der Waals surface area contributed by atoms with Gasteiger partial charge in [-0.1, -0.05) is 137 Å². The molecule has 0 aromatic heterocycles. The van der Waals surface area contributed by atoms with Gasteiger partial charge in [-0.25, -0.2) is 0 Å². The van der Waals surface area contributed by atoms with Crippen LogP contribution in [0.25, 0.3) is 0 Å². The van der Waals surface area contributed by atoms with Crippen LogP contribution in [0.4, 0.5) is 5.69 Å². The molecule has 0 saturated carbocycles. The highest BCUT2D eigenvalue weighted by Gasteiger charge is 2.16. The summed E-state index contributed by atoms with van der Waals surface area (Å²) in [4.78, 5) is 2.21. The third-order valence-corrected chi connectivity index (χ3v) is 5.54. The van der Waals surface area contributed by atoms with Gasteiger partial charge in [0.2, 0.25) is 0 Å². The number of rotatable bonds is 7. The van der Waals surface area contributed by atoms with E-state index in [1.807, 2.05) is 59.9 Å². The van der Waals surface area contributed by atoms with E-state index in [0.29, 0.717) is 0 Å². The lowest BCUT2D eigenvalue weighted by atomic mass is 9.96. The van der Waals surface area contributed by atoms with Gasteiger partial charge >= 0.3 is 0 Å². The van der Waals surface area contributed by atoms with Gasteiger partial charge in [-0.15, -0.1) is 0 Å². The minimum atomic E-state index is 0.934. The molecule has 1 aromatic carbocycles. The molecule has 37 heavy (non-hydrogen) atoms. The van der Waals surface area contributed by atoms with Crippen LogP contribution < -0.4 is 10.2 Å². The Bertz CT molecular complexity index is 721. The van der Waals surface area contributed by atoms with E-state index in [0.717, 1.165) is 30.9 Å². The van der Waals surface area contributed by atoms with Crippen LogP contribution >= 0.6 is 0 Å². The van der Waals surface area contributed by atoms with Gasteiger partial charge in [0.15, 0.2) is 0 Å². The Balaban J connectivity index is -0.000000563. The summed E-state index contributed by atoms with van der Waals surface area (Å²) in [6.45, 7) is 33.4. The van der Waals surface area contributed by atoms with Gasteiger partial charge in [-0.05, 0) is 73.7 Å². The SMILES string of the molecule is C=C/C=C(C=C)\C=C/Cc1ccc2c(c1)CCN2C=C.CC.CC.CC.CCC.CCC1CCNCC1. The molecule has 0 amide bonds. The molecule has 0 bridgehead atoms. The molecule has 0 aliphatic carbocycles. The zero-order valence-electron chi connectivity index (χ0n) is 26.2. The van der Waals surface area contributed by atoms with E-state index in [-0.39, 0.29) is 0 Å². The first-order chi connectivity index (χ1) is 18.1. The Morgan fingerprint density at radius 3 is 2.03 bits per heavy atom. The fourth-order valence-corrected chi connectivity index (χ4v) is 3.75. The maximum absolute atomic E-state index is 3.85. The van der Waals surface area contributed by atoms with Crippen molar-refractivity contribution in [1.29, 1.82) is 0 Å². The molecule has 2 aliphatic rings. The van der Waals surface area contributed by atoms with E-state index in [2.05, 4.69) is 81.1 Å². The van der Waals surface area contributed by atoms with Crippen molar-refractivity contribution in [3.8, 4) is 0 Å². The van der Waals surface area contributed by atoms with Gasteiger partial charge in [-0.3, -0.25) is 0 Å². The molecule has 1 fully saturated rings. The minimum Gasteiger partial charge on any atom is -0.348 e. The number of piperidine rings is 1. The predicted octanol–water partition coefficient (Wildman–Crippen LogP) is 10.5. The molecule has 2 aliphatic heterocycles.